The molecule has 20 heavy (non-hydrogen) atoms. The van der Waals surface area contributed by atoms with Gasteiger partial charge in [-0.15, -0.1) is 11.3 Å². The van der Waals surface area contributed by atoms with Crippen LogP contribution in [0.1, 0.15) is 24.6 Å². The minimum atomic E-state index is -0.619. The number of phenols is 2. The summed E-state index contributed by atoms with van der Waals surface area (Å²) in [5.41, 5.74) is 1.22. The summed E-state index contributed by atoms with van der Waals surface area (Å²) in [6, 6.07) is 4.42. The van der Waals surface area contributed by atoms with Crippen molar-refractivity contribution in [1.82, 2.24) is 4.98 Å². The minimum Gasteiger partial charge on any atom is -0.508 e. The summed E-state index contributed by atoms with van der Waals surface area (Å²) in [6.07, 6.45) is 0.912. The summed E-state index contributed by atoms with van der Waals surface area (Å²) >= 11 is 1.42. The van der Waals surface area contributed by atoms with Crippen molar-refractivity contribution >= 4 is 16.5 Å². The number of hydrogen-bond donors (Lipinski definition) is 4. The van der Waals surface area contributed by atoms with Crippen molar-refractivity contribution in [2.45, 2.75) is 32.9 Å². The third-order valence-corrected chi connectivity index (χ3v) is 3.79. The Morgan fingerprint density at radius 2 is 2.10 bits per heavy atom. The normalized spacial score (nSPS) is 12.3. The van der Waals surface area contributed by atoms with E-state index in [-0.39, 0.29) is 11.5 Å². The Labute approximate surface area is 121 Å². The van der Waals surface area contributed by atoms with E-state index in [0.717, 1.165) is 11.3 Å². The smallest absolute Gasteiger partial charge is 0.185 e. The Morgan fingerprint density at radius 3 is 2.75 bits per heavy atom. The number of nitrogens with zero attached hydrogens (tertiary/aromatic N) is 1. The lowest BCUT2D eigenvalue weighted by Crippen LogP contribution is -2.17. The molecule has 0 bridgehead atoms. The van der Waals surface area contributed by atoms with Gasteiger partial charge in [-0.3, -0.25) is 0 Å². The lowest BCUT2D eigenvalue weighted by atomic mass is 10.1. The number of aliphatic hydroxyl groups excluding tert-OH is 1. The highest BCUT2D eigenvalue weighted by atomic mass is 32.1. The maximum absolute atomic E-state index is 9.88. The van der Waals surface area contributed by atoms with Gasteiger partial charge in [0, 0.05) is 16.5 Å². The Kier molecular flexibility index (Phi) is 4.46. The maximum atomic E-state index is 9.88. The molecule has 0 aliphatic heterocycles. The summed E-state index contributed by atoms with van der Waals surface area (Å²) in [4.78, 5) is 5.33. The van der Waals surface area contributed by atoms with Gasteiger partial charge in [-0.25, -0.2) is 4.98 Å². The van der Waals surface area contributed by atoms with Crippen LogP contribution >= 0.6 is 11.3 Å². The van der Waals surface area contributed by atoms with Gasteiger partial charge in [0.2, 0.25) is 0 Å². The number of benzene rings is 1. The van der Waals surface area contributed by atoms with Crippen molar-refractivity contribution in [3.63, 3.8) is 0 Å². The van der Waals surface area contributed by atoms with Crippen molar-refractivity contribution < 1.29 is 15.3 Å². The zero-order chi connectivity index (χ0) is 14.7. The Balaban J connectivity index is 2.27. The first-order valence-corrected chi connectivity index (χ1v) is 7.27. The molecule has 0 saturated heterocycles. The number of aliphatic hydroxyl groups is 1. The van der Waals surface area contributed by atoms with Crippen LogP contribution in [0.3, 0.4) is 0 Å². The molecule has 1 atom stereocenters. The Morgan fingerprint density at radius 1 is 1.35 bits per heavy atom. The second-order valence-electron chi connectivity index (χ2n) is 4.57. The molecule has 0 radical (unpaired) electrons. The van der Waals surface area contributed by atoms with Gasteiger partial charge < -0.3 is 20.6 Å². The molecule has 2 rings (SSSR count). The SMILES string of the molecule is CCCC(O)Nc1nc(-c2ccc(O)cc2O)c(C)s1. The molecule has 1 aromatic heterocycles. The number of thiazole rings is 1. The number of phenolic OH excluding ortho intramolecular Hbond substituents is 2. The van der Waals surface area contributed by atoms with Crippen molar-refractivity contribution in [2.75, 3.05) is 5.32 Å². The number of aromatic nitrogens is 1. The average Bonchev–Trinajstić information content (AvgIpc) is 2.70. The van der Waals surface area contributed by atoms with Gasteiger partial charge in [-0.1, -0.05) is 13.3 Å². The number of anilines is 1. The lowest BCUT2D eigenvalue weighted by Gasteiger charge is -2.09. The maximum Gasteiger partial charge on any atom is 0.185 e. The summed E-state index contributed by atoms with van der Waals surface area (Å²) in [5.74, 6) is -0.00472. The molecule has 1 heterocycles. The van der Waals surface area contributed by atoms with E-state index in [0.29, 0.717) is 22.8 Å². The van der Waals surface area contributed by atoms with Crippen molar-refractivity contribution in [1.29, 1.82) is 0 Å². The topological polar surface area (TPSA) is 85.6 Å². The fraction of sp³-hybridized carbons (Fsp3) is 0.357. The summed E-state index contributed by atoms with van der Waals surface area (Å²) in [6.45, 7) is 3.90. The summed E-state index contributed by atoms with van der Waals surface area (Å²) in [5, 5.41) is 32.5. The summed E-state index contributed by atoms with van der Waals surface area (Å²) < 4.78 is 0. The van der Waals surface area contributed by atoms with Gasteiger partial charge >= 0.3 is 0 Å². The highest BCUT2D eigenvalue weighted by molar-refractivity contribution is 7.16. The van der Waals surface area contributed by atoms with Gasteiger partial charge in [0.15, 0.2) is 5.13 Å². The fourth-order valence-electron chi connectivity index (χ4n) is 1.92. The van der Waals surface area contributed by atoms with Crippen LogP contribution < -0.4 is 5.32 Å². The van der Waals surface area contributed by atoms with E-state index in [2.05, 4.69) is 10.3 Å². The molecule has 0 aliphatic rings. The summed E-state index contributed by atoms with van der Waals surface area (Å²) in [7, 11) is 0. The molecule has 0 saturated carbocycles. The third kappa shape index (κ3) is 3.20. The highest BCUT2D eigenvalue weighted by Gasteiger charge is 2.15. The van der Waals surface area contributed by atoms with E-state index in [9.17, 15) is 15.3 Å². The third-order valence-electron chi connectivity index (χ3n) is 2.89. The predicted octanol–water partition coefficient (Wildman–Crippen LogP) is 3.06. The van der Waals surface area contributed by atoms with E-state index < -0.39 is 6.23 Å². The molecule has 1 aromatic carbocycles. The minimum absolute atomic E-state index is 0.0100. The molecular weight excluding hydrogens is 276 g/mol. The second kappa shape index (κ2) is 6.11. The van der Waals surface area contributed by atoms with Crippen LogP contribution in [0.4, 0.5) is 5.13 Å². The standard InChI is InChI=1S/C14H18N2O3S/c1-3-4-12(19)15-14-16-13(8(2)20-14)10-6-5-9(17)7-11(10)18/h5-7,12,17-19H,3-4H2,1-2H3,(H,15,16). The highest BCUT2D eigenvalue weighted by Crippen LogP contribution is 2.37. The largest absolute Gasteiger partial charge is 0.508 e. The number of aromatic hydroxyl groups is 2. The average molecular weight is 294 g/mol. The van der Waals surface area contributed by atoms with Crippen molar-refractivity contribution in [3.8, 4) is 22.8 Å². The van der Waals surface area contributed by atoms with Crippen LogP contribution in [-0.2, 0) is 0 Å². The van der Waals surface area contributed by atoms with E-state index in [1.807, 2.05) is 13.8 Å². The number of nitrogens with one attached hydrogen (secondary N) is 1. The molecule has 0 amide bonds. The van der Waals surface area contributed by atoms with E-state index in [1.54, 1.807) is 6.07 Å². The van der Waals surface area contributed by atoms with Crippen LogP contribution in [0.2, 0.25) is 0 Å². The molecule has 5 nitrogen and oxygen atoms in total. The van der Waals surface area contributed by atoms with Crippen molar-refractivity contribution in [3.05, 3.63) is 23.1 Å². The van der Waals surface area contributed by atoms with Crippen LogP contribution in [0.5, 0.6) is 11.5 Å². The van der Waals surface area contributed by atoms with Gasteiger partial charge in [0.25, 0.3) is 0 Å². The molecule has 0 spiro atoms. The van der Waals surface area contributed by atoms with Crippen molar-refractivity contribution in [2.24, 2.45) is 0 Å². The van der Waals surface area contributed by atoms with Crippen LogP contribution in [-0.4, -0.2) is 26.5 Å². The quantitative estimate of drug-likeness (QED) is 0.637. The zero-order valence-corrected chi connectivity index (χ0v) is 12.2. The predicted molar refractivity (Wildman–Crippen MR) is 80.2 cm³/mol. The first-order valence-electron chi connectivity index (χ1n) is 6.45. The fourth-order valence-corrected chi connectivity index (χ4v) is 2.79. The molecule has 0 fully saturated rings. The number of hydrogen-bond acceptors (Lipinski definition) is 6. The molecule has 108 valence electrons. The van der Waals surface area contributed by atoms with Gasteiger partial charge in [0.1, 0.15) is 17.7 Å². The van der Waals surface area contributed by atoms with Crippen LogP contribution in [0, 0.1) is 6.92 Å². The van der Waals surface area contributed by atoms with E-state index >= 15 is 0 Å². The number of rotatable bonds is 5. The van der Waals surface area contributed by atoms with Gasteiger partial charge in [0.05, 0.1) is 5.69 Å². The molecule has 6 heteroatoms. The van der Waals surface area contributed by atoms with Crippen LogP contribution in [0.25, 0.3) is 11.3 Å². The van der Waals surface area contributed by atoms with E-state index in [1.165, 1.54) is 23.5 Å². The molecule has 4 N–H and O–H groups in total. The Hall–Kier alpha value is -1.79. The lowest BCUT2D eigenvalue weighted by molar-refractivity contribution is 0.192. The number of aryl methyl sites for hydroxylation is 1. The van der Waals surface area contributed by atoms with Gasteiger partial charge in [-0.2, -0.15) is 0 Å². The first kappa shape index (κ1) is 14.6. The first-order chi connectivity index (χ1) is 9.51. The molecule has 2 aromatic rings. The monoisotopic (exact) mass is 294 g/mol. The molecule has 0 aliphatic carbocycles. The Bertz CT molecular complexity index is 598. The van der Waals surface area contributed by atoms with E-state index in [4.69, 9.17) is 0 Å². The van der Waals surface area contributed by atoms with Gasteiger partial charge in [-0.05, 0) is 25.5 Å². The zero-order valence-electron chi connectivity index (χ0n) is 11.4. The molecular formula is C14H18N2O3S. The molecule has 1 unspecified atom stereocenters. The second-order valence-corrected chi connectivity index (χ2v) is 5.78. The van der Waals surface area contributed by atoms with Crippen LogP contribution in [0.15, 0.2) is 18.2 Å².